The van der Waals surface area contributed by atoms with Gasteiger partial charge in [0.15, 0.2) is 0 Å². The maximum atomic E-state index is 12.5. The van der Waals surface area contributed by atoms with E-state index in [1.54, 1.807) is 4.31 Å². The molecule has 0 aromatic rings. The molecule has 0 unspecified atom stereocenters. The number of nitrogens with zero attached hydrogens (tertiary/aromatic N) is 1. The number of methoxy groups -OCH3 is 1. The van der Waals surface area contributed by atoms with Crippen LogP contribution in [0.5, 0.6) is 0 Å². The molecule has 0 amide bonds. The molecule has 7 heteroatoms. The van der Waals surface area contributed by atoms with Crippen molar-refractivity contribution >= 4 is 16.0 Å². The number of carbonyl (C=O) groups excluding carboxylic acids is 1. The Kier molecular flexibility index (Phi) is 7.62. The molecule has 0 aliphatic heterocycles. The van der Waals surface area contributed by atoms with Crippen molar-refractivity contribution < 1.29 is 17.9 Å². The van der Waals surface area contributed by atoms with E-state index in [-0.39, 0.29) is 30.2 Å². The second-order valence-corrected chi connectivity index (χ2v) is 7.72. The number of esters is 1. The van der Waals surface area contributed by atoms with Crippen LogP contribution < -0.4 is 5.73 Å². The SMILES string of the molecule is CCCN(C1CCC(N)CC1)S(=O)(=O)CCCC(=O)OC. The van der Waals surface area contributed by atoms with Crippen LogP contribution in [-0.2, 0) is 19.6 Å². The average Bonchev–Trinajstić information content (AvgIpc) is 2.45. The summed E-state index contributed by atoms with van der Waals surface area (Å²) in [6.45, 7) is 2.52. The Morgan fingerprint density at radius 2 is 1.90 bits per heavy atom. The molecule has 1 fully saturated rings. The second kappa shape index (κ2) is 8.70. The molecule has 1 rings (SSSR count). The highest BCUT2D eigenvalue weighted by molar-refractivity contribution is 7.89. The quantitative estimate of drug-likeness (QED) is 0.680. The van der Waals surface area contributed by atoms with Crippen molar-refractivity contribution in [2.45, 2.75) is 64.0 Å². The fourth-order valence-corrected chi connectivity index (χ4v) is 4.65. The Bertz CT molecular complexity index is 417. The first-order valence-electron chi connectivity index (χ1n) is 7.72. The number of rotatable bonds is 8. The van der Waals surface area contributed by atoms with E-state index in [9.17, 15) is 13.2 Å². The molecular weight excluding hydrogens is 292 g/mol. The highest BCUT2D eigenvalue weighted by Crippen LogP contribution is 2.25. The first-order valence-corrected chi connectivity index (χ1v) is 9.33. The van der Waals surface area contributed by atoms with E-state index < -0.39 is 10.0 Å². The van der Waals surface area contributed by atoms with E-state index in [1.807, 2.05) is 6.92 Å². The van der Waals surface area contributed by atoms with Crippen molar-refractivity contribution in [3.63, 3.8) is 0 Å². The van der Waals surface area contributed by atoms with Gasteiger partial charge in [0.2, 0.25) is 10.0 Å². The van der Waals surface area contributed by atoms with Crippen LogP contribution in [0.4, 0.5) is 0 Å². The van der Waals surface area contributed by atoms with Crippen molar-refractivity contribution in [3.05, 3.63) is 0 Å². The van der Waals surface area contributed by atoms with Gasteiger partial charge in [-0.1, -0.05) is 6.92 Å². The van der Waals surface area contributed by atoms with Crippen LogP contribution in [0, 0.1) is 0 Å². The fraction of sp³-hybridized carbons (Fsp3) is 0.929. The maximum absolute atomic E-state index is 12.5. The number of hydrogen-bond acceptors (Lipinski definition) is 5. The lowest BCUT2D eigenvalue weighted by Crippen LogP contribution is -2.45. The highest BCUT2D eigenvalue weighted by Gasteiger charge is 2.31. The zero-order valence-corrected chi connectivity index (χ0v) is 13.9. The van der Waals surface area contributed by atoms with Gasteiger partial charge >= 0.3 is 5.97 Å². The van der Waals surface area contributed by atoms with E-state index in [0.717, 1.165) is 32.1 Å². The summed E-state index contributed by atoms with van der Waals surface area (Å²) >= 11 is 0. The molecule has 1 aliphatic rings. The standard InChI is InChI=1S/C14H28N2O4S/c1-3-10-16(13-8-6-12(15)7-9-13)21(18,19)11-4-5-14(17)20-2/h12-13H,3-11,15H2,1-2H3. The largest absolute Gasteiger partial charge is 0.469 e. The van der Waals surface area contributed by atoms with Crippen LogP contribution >= 0.6 is 0 Å². The summed E-state index contributed by atoms with van der Waals surface area (Å²) in [5.74, 6) is -0.360. The number of hydrogen-bond donors (Lipinski definition) is 1. The molecule has 1 saturated carbocycles. The Morgan fingerprint density at radius 1 is 1.29 bits per heavy atom. The summed E-state index contributed by atoms with van der Waals surface area (Å²) in [6, 6.07) is 0.264. The van der Waals surface area contributed by atoms with Crippen LogP contribution in [0.1, 0.15) is 51.9 Å². The van der Waals surface area contributed by atoms with Gasteiger partial charge in [0, 0.05) is 25.0 Å². The van der Waals surface area contributed by atoms with E-state index in [0.29, 0.717) is 13.0 Å². The van der Waals surface area contributed by atoms with Crippen LogP contribution in [-0.4, -0.2) is 50.2 Å². The summed E-state index contributed by atoms with van der Waals surface area (Å²) in [5.41, 5.74) is 5.89. The predicted molar refractivity (Wildman–Crippen MR) is 82.3 cm³/mol. The van der Waals surface area contributed by atoms with Crippen molar-refractivity contribution in [1.29, 1.82) is 0 Å². The van der Waals surface area contributed by atoms with E-state index in [4.69, 9.17) is 5.73 Å². The average molecular weight is 320 g/mol. The lowest BCUT2D eigenvalue weighted by atomic mass is 9.92. The first kappa shape index (κ1) is 18.4. The van der Waals surface area contributed by atoms with Gasteiger partial charge in [-0.3, -0.25) is 4.79 Å². The summed E-state index contributed by atoms with van der Waals surface area (Å²) in [6.07, 6.45) is 4.66. The molecule has 0 heterocycles. The van der Waals surface area contributed by atoms with Crippen LogP contribution in [0.3, 0.4) is 0 Å². The molecule has 2 N–H and O–H groups in total. The minimum absolute atomic E-state index is 0.00462. The molecule has 0 spiro atoms. The van der Waals surface area contributed by atoms with Crippen molar-refractivity contribution in [2.24, 2.45) is 5.73 Å². The molecule has 0 aromatic carbocycles. The van der Waals surface area contributed by atoms with Crippen molar-refractivity contribution in [1.82, 2.24) is 4.31 Å². The predicted octanol–water partition coefficient (Wildman–Crippen LogP) is 1.25. The molecule has 1 aliphatic carbocycles. The van der Waals surface area contributed by atoms with Crippen LogP contribution in [0.25, 0.3) is 0 Å². The van der Waals surface area contributed by atoms with Gasteiger partial charge < -0.3 is 10.5 Å². The Balaban J connectivity index is 2.62. The molecule has 0 atom stereocenters. The minimum atomic E-state index is -3.32. The topological polar surface area (TPSA) is 89.7 Å². The lowest BCUT2D eigenvalue weighted by molar-refractivity contribution is -0.140. The maximum Gasteiger partial charge on any atom is 0.305 e. The smallest absolute Gasteiger partial charge is 0.305 e. The van der Waals surface area contributed by atoms with Crippen LogP contribution in [0.2, 0.25) is 0 Å². The molecule has 0 bridgehead atoms. The summed E-state index contributed by atoms with van der Waals surface area (Å²) < 4.78 is 31.2. The van der Waals surface area contributed by atoms with Gasteiger partial charge in [0.25, 0.3) is 0 Å². The highest BCUT2D eigenvalue weighted by atomic mass is 32.2. The monoisotopic (exact) mass is 320 g/mol. The molecule has 21 heavy (non-hydrogen) atoms. The summed E-state index contributed by atoms with van der Waals surface area (Å²) in [7, 11) is -2.01. The summed E-state index contributed by atoms with van der Waals surface area (Å²) in [4.78, 5) is 11.1. The van der Waals surface area contributed by atoms with E-state index >= 15 is 0 Å². The molecule has 0 radical (unpaired) electrons. The Morgan fingerprint density at radius 3 is 2.43 bits per heavy atom. The lowest BCUT2D eigenvalue weighted by Gasteiger charge is -2.35. The fourth-order valence-electron chi connectivity index (χ4n) is 2.78. The van der Waals surface area contributed by atoms with Gasteiger partial charge in [-0.2, -0.15) is 4.31 Å². The van der Waals surface area contributed by atoms with Crippen molar-refractivity contribution in [3.8, 4) is 0 Å². The van der Waals surface area contributed by atoms with Gasteiger partial charge in [-0.15, -0.1) is 0 Å². The van der Waals surface area contributed by atoms with E-state index in [2.05, 4.69) is 4.74 Å². The second-order valence-electron chi connectivity index (χ2n) is 5.68. The molecular formula is C14H28N2O4S. The molecule has 6 nitrogen and oxygen atoms in total. The van der Waals surface area contributed by atoms with Gasteiger partial charge in [-0.05, 0) is 38.5 Å². The molecule has 0 saturated heterocycles. The summed E-state index contributed by atoms with van der Waals surface area (Å²) in [5, 5.41) is 0. The number of sulfonamides is 1. The Labute approximate surface area is 128 Å². The van der Waals surface area contributed by atoms with Gasteiger partial charge in [0.05, 0.1) is 12.9 Å². The van der Waals surface area contributed by atoms with Crippen molar-refractivity contribution in [2.75, 3.05) is 19.4 Å². The molecule has 124 valence electrons. The third-order valence-corrected chi connectivity index (χ3v) is 5.96. The minimum Gasteiger partial charge on any atom is -0.469 e. The number of carbonyl (C=O) groups is 1. The van der Waals surface area contributed by atoms with E-state index in [1.165, 1.54) is 7.11 Å². The number of nitrogens with two attached hydrogens (primary N) is 1. The zero-order valence-electron chi connectivity index (χ0n) is 13.1. The third-order valence-electron chi connectivity index (χ3n) is 3.96. The Hall–Kier alpha value is -0.660. The first-order chi connectivity index (χ1) is 9.90. The third kappa shape index (κ3) is 5.92. The number of ether oxygens (including phenoxy) is 1. The molecule has 0 aromatic heterocycles. The van der Waals surface area contributed by atoms with Gasteiger partial charge in [0.1, 0.15) is 0 Å². The zero-order chi connectivity index (χ0) is 15.9. The van der Waals surface area contributed by atoms with Crippen LogP contribution in [0.15, 0.2) is 0 Å². The van der Waals surface area contributed by atoms with Gasteiger partial charge in [-0.25, -0.2) is 8.42 Å². The normalized spacial score (nSPS) is 23.2.